The quantitative estimate of drug-likeness (QED) is 0.484. The number of hydrogen-bond donors (Lipinski definition) is 2. The standard InChI is InChI=1S/C20H20N4O2S2/c1-9(2)26-12-5-6-13-14(8-12)27-20(23-13)24-18(25)17-16(21)15-10(3)7-11(4)22-19(15)28-17/h5-9H,21H2,1-4H3,(H,23,24,25). The van der Waals surface area contributed by atoms with Crippen LogP contribution in [0.1, 0.15) is 34.8 Å². The van der Waals surface area contributed by atoms with E-state index in [1.165, 1.54) is 22.7 Å². The fourth-order valence-electron chi connectivity index (χ4n) is 3.10. The average Bonchev–Trinajstić information content (AvgIpc) is 3.14. The fourth-order valence-corrected chi connectivity index (χ4v) is 5.10. The van der Waals surface area contributed by atoms with Crippen molar-refractivity contribution < 1.29 is 9.53 Å². The molecule has 0 bridgehead atoms. The van der Waals surface area contributed by atoms with Gasteiger partial charge in [0.25, 0.3) is 5.91 Å². The van der Waals surface area contributed by atoms with Gasteiger partial charge in [0, 0.05) is 11.1 Å². The van der Waals surface area contributed by atoms with Crippen LogP contribution in [0.4, 0.5) is 10.8 Å². The van der Waals surface area contributed by atoms with Crippen molar-refractivity contribution in [3.05, 3.63) is 40.4 Å². The molecule has 0 aliphatic carbocycles. The van der Waals surface area contributed by atoms with Crippen LogP contribution in [-0.2, 0) is 0 Å². The molecule has 3 heterocycles. The first-order valence-corrected chi connectivity index (χ1v) is 10.5. The predicted molar refractivity (Wildman–Crippen MR) is 117 cm³/mol. The Kier molecular flexibility index (Phi) is 4.68. The number of fused-ring (bicyclic) bond motifs is 2. The van der Waals surface area contributed by atoms with Crippen LogP contribution in [0.15, 0.2) is 24.3 Å². The minimum Gasteiger partial charge on any atom is -0.491 e. The molecule has 0 radical (unpaired) electrons. The summed E-state index contributed by atoms with van der Waals surface area (Å²) in [5, 5.41) is 4.25. The molecule has 1 amide bonds. The second-order valence-corrected chi connectivity index (χ2v) is 8.90. The monoisotopic (exact) mass is 412 g/mol. The Morgan fingerprint density at radius 1 is 1.18 bits per heavy atom. The van der Waals surface area contributed by atoms with Gasteiger partial charge in [-0.1, -0.05) is 11.3 Å². The minimum atomic E-state index is -0.268. The lowest BCUT2D eigenvalue weighted by atomic mass is 10.1. The van der Waals surface area contributed by atoms with Crippen molar-refractivity contribution in [1.82, 2.24) is 9.97 Å². The first kappa shape index (κ1) is 18.6. The van der Waals surface area contributed by atoms with Gasteiger partial charge >= 0.3 is 0 Å². The number of carbonyl (C=O) groups excluding carboxylic acids is 1. The summed E-state index contributed by atoms with van der Waals surface area (Å²) in [6.07, 6.45) is 0.0983. The number of anilines is 2. The Hall–Kier alpha value is -2.71. The molecule has 0 saturated heterocycles. The highest BCUT2D eigenvalue weighted by Gasteiger charge is 2.20. The minimum absolute atomic E-state index is 0.0983. The van der Waals surface area contributed by atoms with Gasteiger partial charge in [0.05, 0.1) is 22.0 Å². The third-order valence-electron chi connectivity index (χ3n) is 4.18. The molecule has 0 spiro atoms. The summed E-state index contributed by atoms with van der Waals surface area (Å²) in [6.45, 7) is 7.87. The van der Waals surface area contributed by atoms with E-state index in [2.05, 4.69) is 15.3 Å². The van der Waals surface area contributed by atoms with E-state index in [4.69, 9.17) is 10.5 Å². The maximum atomic E-state index is 12.8. The van der Waals surface area contributed by atoms with Crippen LogP contribution in [0.3, 0.4) is 0 Å². The number of hydrogen-bond acceptors (Lipinski definition) is 7. The van der Waals surface area contributed by atoms with Gasteiger partial charge in [-0.25, -0.2) is 9.97 Å². The van der Waals surface area contributed by atoms with Crippen LogP contribution >= 0.6 is 22.7 Å². The van der Waals surface area contributed by atoms with E-state index in [1.54, 1.807) is 0 Å². The van der Waals surface area contributed by atoms with Gasteiger partial charge in [-0.15, -0.1) is 11.3 Å². The van der Waals surface area contributed by atoms with Gasteiger partial charge in [0.2, 0.25) is 0 Å². The fraction of sp³-hybridized carbons (Fsp3) is 0.250. The highest BCUT2D eigenvalue weighted by atomic mass is 32.1. The molecule has 6 nitrogen and oxygen atoms in total. The molecular formula is C20H20N4O2S2. The first-order valence-electron chi connectivity index (χ1n) is 8.86. The third-order valence-corrected chi connectivity index (χ3v) is 6.21. The molecule has 8 heteroatoms. The highest BCUT2D eigenvalue weighted by molar-refractivity contribution is 7.23. The second-order valence-electron chi connectivity index (χ2n) is 6.87. The summed E-state index contributed by atoms with van der Waals surface area (Å²) in [6, 6.07) is 7.68. The van der Waals surface area contributed by atoms with Crippen LogP contribution in [-0.4, -0.2) is 22.0 Å². The van der Waals surface area contributed by atoms with Gasteiger partial charge in [0.1, 0.15) is 15.5 Å². The van der Waals surface area contributed by atoms with Crippen LogP contribution in [0.2, 0.25) is 0 Å². The number of nitrogens with zero attached hydrogens (tertiary/aromatic N) is 2. The van der Waals surface area contributed by atoms with Crippen molar-refractivity contribution in [3.63, 3.8) is 0 Å². The number of thiazole rings is 1. The number of aromatic nitrogens is 2. The van der Waals surface area contributed by atoms with E-state index in [0.717, 1.165) is 37.4 Å². The Morgan fingerprint density at radius 3 is 2.71 bits per heavy atom. The van der Waals surface area contributed by atoms with Crippen molar-refractivity contribution >= 4 is 59.8 Å². The maximum Gasteiger partial charge on any atom is 0.269 e. The molecule has 144 valence electrons. The van der Waals surface area contributed by atoms with Crippen molar-refractivity contribution in [3.8, 4) is 5.75 Å². The summed E-state index contributed by atoms with van der Waals surface area (Å²) in [4.78, 5) is 23.1. The molecule has 4 rings (SSSR count). The molecule has 0 unspecified atom stereocenters. The summed E-state index contributed by atoms with van der Waals surface area (Å²) in [7, 11) is 0. The van der Waals surface area contributed by atoms with Crippen LogP contribution in [0, 0.1) is 13.8 Å². The predicted octanol–water partition coefficient (Wildman–Crippen LogP) is 5.14. The van der Waals surface area contributed by atoms with Crippen molar-refractivity contribution in [2.75, 3.05) is 11.1 Å². The SMILES string of the molecule is Cc1cc(C)c2c(N)c(C(=O)Nc3nc4ccc(OC(C)C)cc4s3)sc2n1. The van der Waals surface area contributed by atoms with Gasteiger partial charge in [-0.3, -0.25) is 10.1 Å². The number of thiophene rings is 1. The van der Waals surface area contributed by atoms with Gasteiger partial charge in [-0.2, -0.15) is 0 Å². The van der Waals surface area contributed by atoms with Crippen molar-refractivity contribution in [2.24, 2.45) is 0 Å². The molecule has 0 saturated carbocycles. The molecule has 3 N–H and O–H groups in total. The second kappa shape index (κ2) is 7.03. The topological polar surface area (TPSA) is 90.1 Å². The molecule has 3 aromatic heterocycles. The Balaban J connectivity index is 1.64. The van der Waals surface area contributed by atoms with Gasteiger partial charge in [0.15, 0.2) is 5.13 Å². The van der Waals surface area contributed by atoms with E-state index in [9.17, 15) is 4.79 Å². The molecule has 4 aromatic rings. The average molecular weight is 413 g/mol. The molecule has 0 atom stereocenters. The Morgan fingerprint density at radius 2 is 1.96 bits per heavy atom. The zero-order chi connectivity index (χ0) is 20.0. The van der Waals surface area contributed by atoms with E-state index >= 15 is 0 Å². The number of benzene rings is 1. The zero-order valence-electron chi connectivity index (χ0n) is 16.0. The molecular weight excluding hydrogens is 392 g/mol. The smallest absolute Gasteiger partial charge is 0.269 e. The number of carbonyl (C=O) groups is 1. The largest absolute Gasteiger partial charge is 0.491 e. The van der Waals surface area contributed by atoms with Gasteiger partial charge in [-0.05, 0) is 57.5 Å². The zero-order valence-corrected chi connectivity index (χ0v) is 17.6. The summed E-state index contributed by atoms with van der Waals surface area (Å²) in [5.41, 5.74) is 9.47. The molecule has 0 aliphatic heterocycles. The van der Waals surface area contributed by atoms with Crippen LogP contribution in [0.25, 0.3) is 20.4 Å². The molecule has 1 aromatic carbocycles. The van der Waals surface area contributed by atoms with E-state index in [1.807, 2.05) is 52.0 Å². The first-order chi connectivity index (χ1) is 13.3. The highest BCUT2D eigenvalue weighted by Crippen LogP contribution is 2.36. The van der Waals surface area contributed by atoms with E-state index in [0.29, 0.717) is 15.7 Å². The molecule has 0 fully saturated rings. The van der Waals surface area contributed by atoms with E-state index < -0.39 is 0 Å². The number of pyridine rings is 1. The normalized spacial score (nSPS) is 11.5. The summed E-state index contributed by atoms with van der Waals surface area (Å²) >= 11 is 2.71. The van der Waals surface area contributed by atoms with Gasteiger partial charge < -0.3 is 10.5 Å². The third kappa shape index (κ3) is 3.41. The lowest BCUT2D eigenvalue weighted by Gasteiger charge is -2.08. The van der Waals surface area contributed by atoms with Crippen LogP contribution < -0.4 is 15.8 Å². The van der Waals surface area contributed by atoms with Crippen molar-refractivity contribution in [2.45, 2.75) is 33.8 Å². The summed E-state index contributed by atoms with van der Waals surface area (Å²) < 4.78 is 6.67. The summed E-state index contributed by atoms with van der Waals surface area (Å²) in [5.74, 6) is 0.518. The van der Waals surface area contributed by atoms with E-state index in [-0.39, 0.29) is 12.0 Å². The number of nitrogen functional groups attached to an aromatic ring is 1. The number of aryl methyl sites for hydroxylation is 2. The lowest BCUT2D eigenvalue weighted by Crippen LogP contribution is -2.11. The maximum absolute atomic E-state index is 12.8. The molecule has 28 heavy (non-hydrogen) atoms. The number of nitrogens with one attached hydrogen (secondary N) is 1. The number of rotatable bonds is 4. The molecule has 0 aliphatic rings. The lowest BCUT2D eigenvalue weighted by molar-refractivity contribution is 0.103. The van der Waals surface area contributed by atoms with Crippen LogP contribution in [0.5, 0.6) is 5.75 Å². The Bertz CT molecular complexity index is 1210. The number of nitrogens with two attached hydrogens (primary N) is 1. The Labute approximate surface area is 170 Å². The number of amides is 1. The van der Waals surface area contributed by atoms with Crippen molar-refractivity contribution in [1.29, 1.82) is 0 Å². The number of ether oxygens (including phenoxy) is 1.